The van der Waals surface area contributed by atoms with E-state index in [9.17, 15) is 8.78 Å². The molecule has 18 heavy (non-hydrogen) atoms. The molecule has 0 aliphatic carbocycles. The molecule has 0 aliphatic heterocycles. The molecule has 0 radical (unpaired) electrons. The van der Waals surface area contributed by atoms with Gasteiger partial charge in [-0.25, -0.2) is 8.78 Å². The molecule has 1 heterocycles. The van der Waals surface area contributed by atoms with Crippen molar-refractivity contribution in [2.75, 3.05) is 7.05 Å². The third-order valence-corrected chi connectivity index (χ3v) is 4.45. The van der Waals surface area contributed by atoms with Gasteiger partial charge in [-0.2, -0.15) is 0 Å². The average Bonchev–Trinajstić information content (AvgIpc) is 2.71. The first-order valence-corrected chi connectivity index (χ1v) is 7.12. The maximum absolute atomic E-state index is 13.1. The van der Waals surface area contributed by atoms with Crippen molar-refractivity contribution in [2.45, 2.75) is 12.5 Å². The van der Waals surface area contributed by atoms with Crippen molar-refractivity contribution in [3.8, 4) is 0 Å². The molecule has 96 valence electrons. The third-order valence-electron chi connectivity index (χ3n) is 2.64. The summed E-state index contributed by atoms with van der Waals surface area (Å²) in [5.41, 5.74) is 0.649. The van der Waals surface area contributed by atoms with E-state index in [2.05, 4.69) is 21.2 Å². The van der Waals surface area contributed by atoms with Gasteiger partial charge in [0.1, 0.15) is 11.6 Å². The van der Waals surface area contributed by atoms with Gasteiger partial charge in [0.2, 0.25) is 0 Å². The highest BCUT2D eigenvalue weighted by Gasteiger charge is 2.13. The van der Waals surface area contributed by atoms with Crippen molar-refractivity contribution < 1.29 is 8.78 Å². The van der Waals surface area contributed by atoms with Crippen LogP contribution in [0.15, 0.2) is 34.1 Å². The molecular formula is C13H12BrF2NS. The average molecular weight is 332 g/mol. The van der Waals surface area contributed by atoms with E-state index >= 15 is 0 Å². The molecule has 5 heteroatoms. The standard InChI is InChI=1S/C13H12BrF2NS/c1-17-12(13-5-9(14)7-18-13)4-8-2-10(15)6-11(16)3-8/h2-3,5-7,12,17H,4H2,1H3. The van der Waals surface area contributed by atoms with E-state index in [1.165, 1.54) is 12.1 Å². The van der Waals surface area contributed by atoms with Crippen LogP contribution in [0, 0.1) is 11.6 Å². The summed E-state index contributed by atoms with van der Waals surface area (Å²) in [5, 5.41) is 5.16. The summed E-state index contributed by atoms with van der Waals surface area (Å²) in [6.07, 6.45) is 0.554. The molecule has 1 aromatic carbocycles. The summed E-state index contributed by atoms with van der Waals surface area (Å²) < 4.78 is 27.3. The fourth-order valence-corrected chi connectivity index (χ4v) is 3.38. The molecule has 0 saturated heterocycles. The Bertz CT molecular complexity index is 521. The summed E-state index contributed by atoms with van der Waals surface area (Å²) >= 11 is 5.01. The fourth-order valence-electron chi connectivity index (χ4n) is 1.82. The maximum atomic E-state index is 13.1. The highest BCUT2D eigenvalue weighted by molar-refractivity contribution is 9.10. The molecule has 0 saturated carbocycles. The second-order valence-corrected chi connectivity index (χ2v) is 5.85. The molecule has 1 atom stereocenters. The Balaban J connectivity index is 2.20. The van der Waals surface area contributed by atoms with Crippen molar-refractivity contribution in [1.82, 2.24) is 5.32 Å². The molecule has 2 aromatic rings. The molecule has 1 unspecified atom stereocenters. The van der Waals surface area contributed by atoms with E-state index in [0.717, 1.165) is 15.4 Å². The number of hydrogen-bond donors (Lipinski definition) is 1. The Kier molecular flexibility index (Phi) is 4.48. The number of rotatable bonds is 4. The first-order chi connectivity index (χ1) is 8.58. The zero-order valence-electron chi connectivity index (χ0n) is 9.71. The van der Waals surface area contributed by atoms with Crippen molar-refractivity contribution in [3.05, 3.63) is 56.2 Å². The van der Waals surface area contributed by atoms with E-state index < -0.39 is 11.6 Å². The van der Waals surface area contributed by atoms with Crippen LogP contribution < -0.4 is 5.32 Å². The van der Waals surface area contributed by atoms with Crippen LogP contribution in [0.5, 0.6) is 0 Å². The molecule has 0 bridgehead atoms. The SMILES string of the molecule is CNC(Cc1cc(F)cc(F)c1)c1cc(Br)cs1. The van der Waals surface area contributed by atoms with Crippen molar-refractivity contribution in [3.63, 3.8) is 0 Å². The van der Waals surface area contributed by atoms with Crippen molar-refractivity contribution in [2.24, 2.45) is 0 Å². The van der Waals surface area contributed by atoms with Crippen LogP contribution in [-0.4, -0.2) is 7.05 Å². The number of halogens is 3. The summed E-state index contributed by atoms with van der Waals surface area (Å²) in [4.78, 5) is 1.13. The Labute approximate surface area is 117 Å². The second-order valence-electron chi connectivity index (χ2n) is 3.99. The first kappa shape index (κ1) is 13.6. The number of nitrogens with one attached hydrogen (secondary N) is 1. The first-order valence-electron chi connectivity index (χ1n) is 5.44. The highest BCUT2D eigenvalue weighted by Crippen LogP contribution is 2.28. The molecule has 0 amide bonds. The number of hydrogen-bond acceptors (Lipinski definition) is 2. The molecule has 0 aliphatic rings. The van der Waals surface area contributed by atoms with Crippen LogP contribution in [0.1, 0.15) is 16.5 Å². The summed E-state index contributed by atoms with van der Waals surface area (Å²) in [5.74, 6) is -1.07. The Morgan fingerprint density at radius 1 is 1.22 bits per heavy atom. The lowest BCUT2D eigenvalue weighted by Crippen LogP contribution is -2.17. The number of thiophene rings is 1. The number of likely N-dealkylation sites (N-methyl/N-ethyl adjacent to an activating group) is 1. The number of benzene rings is 1. The van der Waals surface area contributed by atoms with Crippen molar-refractivity contribution in [1.29, 1.82) is 0 Å². The van der Waals surface area contributed by atoms with Gasteiger partial charge in [0.25, 0.3) is 0 Å². The predicted molar refractivity (Wildman–Crippen MR) is 73.9 cm³/mol. The molecule has 1 N–H and O–H groups in total. The molecule has 1 nitrogen and oxygen atoms in total. The van der Waals surface area contributed by atoms with Gasteiger partial charge in [0.15, 0.2) is 0 Å². The monoisotopic (exact) mass is 331 g/mol. The van der Waals surface area contributed by atoms with Gasteiger partial charge in [0, 0.05) is 26.8 Å². The minimum atomic E-state index is -0.535. The lowest BCUT2D eigenvalue weighted by atomic mass is 10.0. The van der Waals surface area contributed by atoms with Crippen LogP contribution in [0.3, 0.4) is 0 Å². The third kappa shape index (κ3) is 3.37. The quantitative estimate of drug-likeness (QED) is 0.881. The van der Waals surface area contributed by atoms with Crippen LogP contribution in [0.25, 0.3) is 0 Å². The van der Waals surface area contributed by atoms with E-state index in [1.807, 2.05) is 18.5 Å². The van der Waals surface area contributed by atoms with Crippen LogP contribution >= 0.6 is 27.3 Å². The van der Waals surface area contributed by atoms with Gasteiger partial charge < -0.3 is 5.32 Å². The highest BCUT2D eigenvalue weighted by atomic mass is 79.9. The van der Waals surface area contributed by atoms with E-state index in [4.69, 9.17) is 0 Å². The van der Waals surface area contributed by atoms with Crippen molar-refractivity contribution >= 4 is 27.3 Å². The maximum Gasteiger partial charge on any atom is 0.126 e. The Morgan fingerprint density at radius 2 is 1.89 bits per heavy atom. The summed E-state index contributed by atoms with van der Waals surface area (Å²) in [7, 11) is 1.84. The van der Waals surface area contributed by atoms with Crippen LogP contribution in [0.2, 0.25) is 0 Å². The zero-order valence-corrected chi connectivity index (χ0v) is 12.1. The molecule has 2 rings (SSSR count). The lowest BCUT2D eigenvalue weighted by Gasteiger charge is -2.14. The minimum absolute atomic E-state index is 0.0579. The molecule has 0 spiro atoms. The molecular weight excluding hydrogens is 320 g/mol. The van der Waals surface area contributed by atoms with Gasteiger partial charge in [-0.3, -0.25) is 0 Å². The summed E-state index contributed by atoms with van der Waals surface area (Å²) in [6, 6.07) is 5.70. The van der Waals surface area contributed by atoms with Gasteiger partial charge in [-0.1, -0.05) is 0 Å². The van der Waals surface area contributed by atoms with Gasteiger partial charge in [-0.05, 0) is 53.2 Å². The predicted octanol–water partition coefficient (Wildman–Crippen LogP) is 4.29. The Hall–Kier alpha value is -0.780. The van der Waals surface area contributed by atoms with Crippen LogP contribution in [0.4, 0.5) is 8.78 Å². The summed E-state index contributed by atoms with van der Waals surface area (Å²) in [6.45, 7) is 0. The van der Waals surface area contributed by atoms with Gasteiger partial charge in [0.05, 0.1) is 0 Å². The fraction of sp³-hybridized carbons (Fsp3) is 0.231. The lowest BCUT2D eigenvalue weighted by molar-refractivity contribution is 0.565. The molecule has 1 aromatic heterocycles. The van der Waals surface area contributed by atoms with Gasteiger partial charge >= 0.3 is 0 Å². The van der Waals surface area contributed by atoms with Crippen LogP contribution in [-0.2, 0) is 6.42 Å². The smallest absolute Gasteiger partial charge is 0.126 e. The Morgan fingerprint density at radius 3 is 2.39 bits per heavy atom. The van der Waals surface area contributed by atoms with Gasteiger partial charge in [-0.15, -0.1) is 11.3 Å². The van der Waals surface area contributed by atoms with E-state index in [0.29, 0.717) is 12.0 Å². The minimum Gasteiger partial charge on any atom is -0.312 e. The zero-order chi connectivity index (χ0) is 13.1. The molecule has 0 fully saturated rings. The largest absolute Gasteiger partial charge is 0.312 e. The second kappa shape index (κ2) is 5.91. The normalized spacial score (nSPS) is 12.7. The topological polar surface area (TPSA) is 12.0 Å². The van der Waals surface area contributed by atoms with E-state index in [-0.39, 0.29) is 6.04 Å². The van der Waals surface area contributed by atoms with E-state index in [1.54, 1.807) is 11.3 Å².